The zero-order valence-corrected chi connectivity index (χ0v) is 17.9. The maximum absolute atomic E-state index is 5.84. The first-order valence-electron chi connectivity index (χ1n) is 10.00. The van der Waals surface area contributed by atoms with Crippen molar-refractivity contribution in [3.8, 4) is 5.75 Å². The molecule has 26 heavy (non-hydrogen) atoms. The summed E-state index contributed by atoms with van der Waals surface area (Å²) < 4.78 is 11.2. The minimum absolute atomic E-state index is 0.0270. The second-order valence-corrected chi connectivity index (χ2v) is 9.45. The van der Waals surface area contributed by atoms with Crippen LogP contribution in [0.1, 0.15) is 78.8 Å². The van der Waals surface area contributed by atoms with Crippen LogP contribution in [0.15, 0.2) is 12.3 Å². The normalized spacial score (nSPS) is 16.6. The maximum atomic E-state index is 5.84. The van der Waals surface area contributed by atoms with Crippen molar-refractivity contribution in [2.24, 2.45) is 5.41 Å². The van der Waals surface area contributed by atoms with Crippen molar-refractivity contribution in [1.29, 1.82) is 0 Å². The van der Waals surface area contributed by atoms with Gasteiger partial charge in [0, 0.05) is 24.9 Å². The van der Waals surface area contributed by atoms with Crippen molar-refractivity contribution in [2.75, 3.05) is 19.1 Å². The van der Waals surface area contributed by atoms with Gasteiger partial charge in [-0.25, -0.2) is 0 Å². The first-order valence-corrected chi connectivity index (χ1v) is 10.00. The molecule has 0 radical (unpaired) electrons. The molecule has 148 valence electrons. The number of rotatable bonds is 7. The Hall–Kier alpha value is -1.29. The van der Waals surface area contributed by atoms with E-state index in [-0.39, 0.29) is 11.0 Å². The van der Waals surface area contributed by atoms with Crippen molar-refractivity contribution in [3.05, 3.63) is 18.0 Å². The molecular formula is C22H38N2O2. The number of aromatic nitrogens is 1. The summed E-state index contributed by atoms with van der Waals surface area (Å²) in [5, 5.41) is 0. The van der Waals surface area contributed by atoms with E-state index in [1.807, 2.05) is 6.20 Å². The maximum Gasteiger partial charge on any atom is 0.166 e. The van der Waals surface area contributed by atoms with Gasteiger partial charge in [0.1, 0.15) is 5.69 Å². The van der Waals surface area contributed by atoms with Gasteiger partial charge in [-0.2, -0.15) is 0 Å². The molecule has 0 amide bonds. The Morgan fingerprint density at radius 3 is 2.27 bits per heavy atom. The molecule has 1 aliphatic rings. The Labute approximate surface area is 160 Å². The monoisotopic (exact) mass is 362 g/mol. The average molecular weight is 363 g/mol. The van der Waals surface area contributed by atoms with Gasteiger partial charge in [0.25, 0.3) is 0 Å². The molecule has 1 heterocycles. The number of methoxy groups -OCH3 is 2. The SMILES string of the molecule is COCc1nccc(N(C2CCCCC2)C(C)(C)CC(C)(C)C)c1OC. The van der Waals surface area contributed by atoms with Crippen molar-refractivity contribution >= 4 is 5.69 Å². The third-order valence-corrected chi connectivity index (χ3v) is 5.26. The molecule has 4 heteroatoms. The third-order valence-electron chi connectivity index (χ3n) is 5.26. The van der Waals surface area contributed by atoms with Gasteiger partial charge in [-0.05, 0) is 44.6 Å². The van der Waals surface area contributed by atoms with Crippen molar-refractivity contribution in [3.63, 3.8) is 0 Å². The fourth-order valence-corrected chi connectivity index (χ4v) is 4.87. The fourth-order valence-electron chi connectivity index (χ4n) is 4.87. The lowest BCUT2D eigenvalue weighted by atomic mass is 9.78. The Kier molecular flexibility index (Phi) is 6.95. The van der Waals surface area contributed by atoms with Gasteiger partial charge in [-0.1, -0.05) is 40.0 Å². The molecule has 1 aliphatic carbocycles. The Bertz CT molecular complexity index is 572. The largest absolute Gasteiger partial charge is 0.493 e. The number of hydrogen-bond acceptors (Lipinski definition) is 4. The van der Waals surface area contributed by atoms with Crippen molar-refractivity contribution in [1.82, 2.24) is 4.98 Å². The Morgan fingerprint density at radius 2 is 1.73 bits per heavy atom. The molecule has 1 fully saturated rings. The molecule has 0 N–H and O–H groups in total. The van der Waals surface area contributed by atoms with E-state index in [0.717, 1.165) is 23.6 Å². The molecule has 0 atom stereocenters. The Balaban J connectivity index is 2.52. The van der Waals surface area contributed by atoms with E-state index in [0.29, 0.717) is 12.6 Å². The molecule has 0 aliphatic heterocycles. The zero-order valence-electron chi connectivity index (χ0n) is 17.9. The van der Waals surface area contributed by atoms with Crippen LogP contribution in [-0.2, 0) is 11.3 Å². The van der Waals surface area contributed by atoms with E-state index >= 15 is 0 Å². The minimum atomic E-state index is 0.0270. The summed E-state index contributed by atoms with van der Waals surface area (Å²) in [5.41, 5.74) is 2.32. The van der Waals surface area contributed by atoms with Gasteiger partial charge >= 0.3 is 0 Å². The van der Waals surface area contributed by atoms with E-state index in [1.54, 1.807) is 14.2 Å². The van der Waals surface area contributed by atoms with Gasteiger partial charge in [0.15, 0.2) is 5.75 Å². The summed E-state index contributed by atoms with van der Waals surface area (Å²) in [6.07, 6.45) is 9.48. The summed E-state index contributed by atoms with van der Waals surface area (Å²) in [5.74, 6) is 0.863. The lowest BCUT2D eigenvalue weighted by molar-refractivity contribution is 0.177. The van der Waals surface area contributed by atoms with Gasteiger partial charge in [0.05, 0.1) is 19.4 Å². The van der Waals surface area contributed by atoms with E-state index in [2.05, 4.69) is 50.6 Å². The lowest BCUT2D eigenvalue weighted by Gasteiger charge is -2.49. The topological polar surface area (TPSA) is 34.6 Å². The highest BCUT2D eigenvalue weighted by Gasteiger charge is 2.38. The molecule has 4 nitrogen and oxygen atoms in total. The van der Waals surface area contributed by atoms with Crippen LogP contribution in [-0.4, -0.2) is 30.8 Å². The summed E-state index contributed by atoms with van der Waals surface area (Å²) in [6.45, 7) is 12.2. The second-order valence-electron chi connectivity index (χ2n) is 9.45. The number of ether oxygens (including phenoxy) is 2. The van der Waals surface area contributed by atoms with E-state index in [4.69, 9.17) is 9.47 Å². The summed E-state index contributed by atoms with van der Waals surface area (Å²) in [7, 11) is 3.45. The molecule has 0 bridgehead atoms. The van der Waals surface area contributed by atoms with Crippen LogP contribution in [0, 0.1) is 5.41 Å². The van der Waals surface area contributed by atoms with Gasteiger partial charge < -0.3 is 14.4 Å². The van der Waals surface area contributed by atoms with E-state index in [9.17, 15) is 0 Å². The van der Waals surface area contributed by atoms with Crippen LogP contribution in [0.25, 0.3) is 0 Å². The van der Waals surface area contributed by atoms with Gasteiger partial charge in [-0.3, -0.25) is 4.98 Å². The highest BCUT2D eigenvalue weighted by atomic mass is 16.5. The standard InChI is InChI=1S/C22H38N2O2/c1-21(2,3)16-22(4,5)24(17-11-9-8-10-12-17)19-13-14-23-18(15-25-6)20(19)26-7/h13-14,17H,8-12,15-16H2,1-7H3. The van der Waals surface area contributed by atoms with E-state index in [1.165, 1.54) is 32.1 Å². The second kappa shape index (κ2) is 8.60. The average Bonchev–Trinajstić information content (AvgIpc) is 2.54. The number of nitrogens with zero attached hydrogens (tertiary/aromatic N) is 2. The summed E-state index contributed by atoms with van der Waals surface area (Å²) >= 11 is 0. The smallest absolute Gasteiger partial charge is 0.166 e. The molecule has 1 aromatic heterocycles. The minimum Gasteiger partial charge on any atom is -0.493 e. The molecule has 0 spiro atoms. The van der Waals surface area contributed by atoms with Crippen LogP contribution >= 0.6 is 0 Å². The van der Waals surface area contributed by atoms with Gasteiger partial charge in [-0.15, -0.1) is 0 Å². The predicted molar refractivity (Wildman–Crippen MR) is 109 cm³/mol. The van der Waals surface area contributed by atoms with Crippen molar-refractivity contribution < 1.29 is 9.47 Å². The van der Waals surface area contributed by atoms with Crippen LogP contribution in [0.3, 0.4) is 0 Å². The summed E-state index contributed by atoms with van der Waals surface area (Å²) in [4.78, 5) is 7.14. The van der Waals surface area contributed by atoms with Gasteiger partial charge in [0.2, 0.25) is 0 Å². The number of pyridine rings is 1. The number of anilines is 1. The lowest BCUT2D eigenvalue weighted by Crippen LogP contribution is -2.52. The highest BCUT2D eigenvalue weighted by Crippen LogP contribution is 2.43. The zero-order chi connectivity index (χ0) is 19.4. The fraction of sp³-hybridized carbons (Fsp3) is 0.773. The number of hydrogen-bond donors (Lipinski definition) is 0. The molecular weight excluding hydrogens is 324 g/mol. The predicted octanol–water partition coefficient (Wildman–Crippen LogP) is 5.59. The first-order chi connectivity index (χ1) is 12.2. The van der Waals surface area contributed by atoms with Crippen LogP contribution in [0.4, 0.5) is 5.69 Å². The molecule has 1 saturated carbocycles. The molecule has 0 saturated heterocycles. The van der Waals surface area contributed by atoms with Crippen molar-refractivity contribution in [2.45, 2.75) is 91.3 Å². The molecule has 0 unspecified atom stereocenters. The third kappa shape index (κ3) is 5.12. The van der Waals surface area contributed by atoms with Crippen LogP contribution in [0.5, 0.6) is 5.75 Å². The van der Waals surface area contributed by atoms with Crippen LogP contribution < -0.4 is 9.64 Å². The molecule has 2 rings (SSSR count). The Morgan fingerprint density at radius 1 is 1.08 bits per heavy atom. The molecule has 0 aromatic carbocycles. The van der Waals surface area contributed by atoms with E-state index < -0.39 is 0 Å². The highest BCUT2D eigenvalue weighted by molar-refractivity contribution is 5.62. The summed E-state index contributed by atoms with van der Waals surface area (Å²) in [6, 6.07) is 2.67. The molecule has 1 aromatic rings. The van der Waals surface area contributed by atoms with Crippen LogP contribution in [0.2, 0.25) is 0 Å². The first kappa shape index (κ1) is 21.0. The quantitative estimate of drug-likeness (QED) is 0.633.